The molecule has 0 aromatic heterocycles. The van der Waals surface area contributed by atoms with Crippen LogP contribution in [0.25, 0.3) is 0 Å². The van der Waals surface area contributed by atoms with Gasteiger partial charge in [0.1, 0.15) is 0 Å². The number of nitrogens with one attached hydrogen (secondary N) is 1. The van der Waals surface area contributed by atoms with E-state index in [0.29, 0.717) is 26.1 Å². The van der Waals surface area contributed by atoms with Crippen LogP contribution in [-0.2, 0) is 4.79 Å². The number of carbonyl (C=O) groups is 2. The number of hydrogen-bond acceptors (Lipinski definition) is 2. The number of hydrogen-bond donors (Lipinski definition) is 1. The van der Waals surface area contributed by atoms with Gasteiger partial charge in [-0.1, -0.05) is 36.8 Å². The predicted octanol–water partition coefficient (Wildman–Crippen LogP) is 2.36. The number of nitrogens with zero attached hydrogens (tertiary/aromatic N) is 2. The van der Waals surface area contributed by atoms with Crippen LogP contribution in [0.2, 0.25) is 0 Å². The topological polar surface area (TPSA) is 52.7 Å². The summed E-state index contributed by atoms with van der Waals surface area (Å²) >= 11 is 0. The molecular weight excluding hydrogens is 290 g/mol. The molecule has 1 aliphatic rings. The highest BCUT2D eigenvalue weighted by molar-refractivity contribution is 5.78. The van der Waals surface area contributed by atoms with Gasteiger partial charge in [0.15, 0.2) is 0 Å². The van der Waals surface area contributed by atoms with Crippen LogP contribution in [0, 0.1) is 6.92 Å². The van der Waals surface area contributed by atoms with Crippen molar-refractivity contribution >= 4 is 11.9 Å². The Balaban J connectivity index is 1.74. The Morgan fingerprint density at radius 2 is 2.22 bits per heavy atom. The smallest absolute Gasteiger partial charge is 0.317 e. The maximum absolute atomic E-state index is 12.1. The molecule has 1 saturated heterocycles. The van der Waals surface area contributed by atoms with Crippen LogP contribution in [-0.4, -0.2) is 55.0 Å². The molecule has 2 rings (SSSR count). The molecule has 1 aliphatic heterocycles. The Hall–Kier alpha value is -2.04. The first-order valence-corrected chi connectivity index (χ1v) is 8.30. The van der Waals surface area contributed by atoms with Gasteiger partial charge in [-0.2, -0.15) is 0 Å². The summed E-state index contributed by atoms with van der Waals surface area (Å²) in [5.41, 5.74) is 2.46. The average Bonchev–Trinajstić information content (AvgIpc) is 2.95. The maximum Gasteiger partial charge on any atom is 0.317 e. The molecule has 1 aromatic rings. The fourth-order valence-corrected chi connectivity index (χ4v) is 2.78. The molecule has 5 nitrogen and oxygen atoms in total. The van der Waals surface area contributed by atoms with Crippen molar-refractivity contribution in [2.45, 2.75) is 32.6 Å². The summed E-state index contributed by atoms with van der Waals surface area (Å²) in [6, 6.07) is 8.27. The monoisotopic (exact) mass is 317 g/mol. The van der Waals surface area contributed by atoms with Gasteiger partial charge in [-0.3, -0.25) is 4.79 Å². The highest BCUT2D eigenvalue weighted by Gasteiger charge is 2.20. The molecule has 5 heteroatoms. The largest absolute Gasteiger partial charge is 0.341 e. The standard InChI is InChI=1S/C18H27N3O2/c1-14-6-4-7-16(12-14)15(2)13-19-18(23)20(3)10-11-21-9-5-8-17(21)22/h4,6-7,12,15H,5,8-11,13H2,1-3H3,(H,19,23). The molecule has 1 aromatic carbocycles. The van der Waals surface area contributed by atoms with Gasteiger partial charge in [0, 0.05) is 39.6 Å². The second-order valence-corrected chi connectivity index (χ2v) is 6.41. The number of carbonyl (C=O) groups excluding carboxylic acids is 2. The summed E-state index contributed by atoms with van der Waals surface area (Å²) in [5.74, 6) is 0.472. The van der Waals surface area contributed by atoms with E-state index in [1.54, 1.807) is 11.9 Å². The number of urea groups is 1. The van der Waals surface area contributed by atoms with Gasteiger partial charge in [0.25, 0.3) is 0 Å². The number of rotatable bonds is 6. The van der Waals surface area contributed by atoms with Crippen molar-refractivity contribution in [3.05, 3.63) is 35.4 Å². The number of amides is 3. The van der Waals surface area contributed by atoms with E-state index in [9.17, 15) is 9.59 Å². The lowest BCUT2D eigenvalue weighted by atomic mass is 9.99. The van der Waals surface area contributed by atoms with Crippen molar-refractivity contribution in [1.82, 2.24) is 15.1 Å². The van der Waals surface area contributed by atoms with E-state index in [4.69, 9.17) is 0 Å². The van der Waals surface area contributed by atoms with Crippen molar-refractivity contribution in [2.75, 3.05) is 33.2 Å². The third kappa shape index (κ3) is 4.98. The van der Waals surface area contributed by atoms with E-state index in [0.717, 1.165) is 13.0 Å². The lowest BCUT2D eigenvalue weighted by molar-refractivity contribution is -0.127. The van der Waals surface area contributed by atoms with E-state index < -0.39 is 0 Å². The molecular formula is C18H27N3O2. The minimum atomic E-state index is -0.0869. The first kappa shape index (κ1) is 17.3. The third-order valence-corrected chi connectivity index (χ3v) is 4.39. The Morgan fingerprint density at radius 3 is 2.87 bits per heavy atom. The second kappa shape index (κ2) is 7.99. The normalized spacial score (nSPS) is 15.6. The number of aryl methyl sites for hydroxylation is 1. The van der Waals surface area contributed by atoms with Crippen LogP contribution in [0.1, 0.15) is 36.8 Å². The van der Waals surface area contributed by atoms with Crippen LogP contribution < -0.4 is 5.32 Å². The number of likely N-dealkylation sites (tertiary alicyclic amines) is 1. The predicted molar refractivity (Wildman–Crippen MR) is 91.4 cm³/mol. The summed E-state index contributed by atoms with van der Waals surface area (Å²) < 4.78 is 0. The van der Waals surface area contributed by atoms with Gasteiger partial charge in [0.2, 0.25) is 5.91 Å². The van der Waals surface area contributed by atoms with E-state index in [2.05, 4.69) is 37.4 Å². The maximum atomic E-state index is 12.1. The van der Waals surface area contributed by atoms with Gasteiger partial charge in [-0.25, -0.2) is 4.79 Å². The van der Waals surface area contributed by atoms with Crippen LogP contribution in [0.4, 0.5) is 4.79 Å². The molecule has 126 valence electrons. The molecule has 1 heterocycles. The number of benzene rings is 1. The zero-order valence-electron chi connectivity index (χ0n) is 14.3. The molecule has 1 unspecified atom stereocenters. The van der Waals surface area contributed by atoms with Crippen LogP contribution in [0.5, 0.6) is 0 Å². The zero-order valence-corrected chi connectivity index (χ0v) is 14.3. The molecule has 0 aliphatic carbocycles. The van der Waals surface area contributed by atoms with Gasteiger partial charge in [-0.05, 0) is 24.8 Å². The number of likely N-dealkylation sites (N-methyl/N-ethyl adjacent to an activating group) is 1. The molecule has 3 amide bonds. The zero-order chi connectivity index (χ0) is 16.8. The second-order valence-electron chi connectivity index (χ2n) is 6.41. The van der Waals surface area contributed by atoms with Crippen molar-refractivity contribution in [2.24, 2.45) is 0 Å². The molecule has 0 bridgehead atoms. The van der Waals surface area contributed by atoms with Crippen LogP contribution in [0.15, 0.2) is 24.3 Å². The summed E-state index contributed by atoms with van der Waals surface area (Å²) in [6.07, 6.45) is 1.58. The lowest BCUT2D eigenvalue weighted by Gasteiger charge is -2.23. The minimum Gasteiger partial charge on any atom is -0.341 e. The molecule has 0 spiro atoms. The molecule has 0 radical (unpaired) electrons. The lowest BCUT2D eigenvalue weighted by Crippen LogP contribution is -2.42. The van der Waals surface area contributed by atoms with Crippen molar-refractivity contribution in [1.29, 1.82) is 0 Å². The highest BCUT2D eigenvalue weighted by atomic mass is 16.2. The molecule has 1 atom stereocenters. The van der Waals surface area contributed by atoms with E-state index >= 15 is 0 Å². The third-order valence-electron chi connectivity index (χ3n) is 4.39. The van der Waals surface area contributed by atoms with Crippen LogP contribution >= 0.6 is 0 Å². The average molecular weight is 317 g/mol. The first-order chi connectivity index (χ1) is 11.0. The fraction of sp³-hybridized carbons (Fsp3) is 0.556. The Morgan fingerprint density at radius 1 is 1.43 bits per heavy atom. The summed E-state index contributed by atoms with van der Waals surface area (Å²) in [6.45, 7) is 6.79. The quantitative estimate of drug-likeness (QED) is 0.876. The summed E-state index contributed by atoms with van der Waals surface area (Å²) in [5, 5.41) is 2.97. The SMILES string of the molecule is Cc1cccc(C(C)CNC(=O)N(C)CCN2CCCC2=O)c1. The molecule has 1 fully saturated rings. The van der Waals surface area contributed by atoms with E-state index in [1.165, 1.54) is 11.1 Å². The molecule has 0 saturated carbocycles. The Labute approximate surface area is 138 Å². The van der Waals surface area contributed by atoms with Crippen molar-refractivity contribution in [3.8, 4) is 0 Å². The van der Waals surface area contributed by atoms with Crippen molar-refractivity contribution < 1.29 is 9.59 Å². The molecule has 1 N–H and O–H groups in total. The Bertz CT molecular complexity index is 559. The minimum absolute atomic E-state index is 0.0869. The molecule has 23 heavy (non-hydrogen) atoms. The highest BCUT2D eigenvalue weighted by Crippen LogP contribution is 2.15. The van der Waals surface area contributed by atoms with Gasteiger partial charge >= 0.3 is 6.03 Å². The van der Waals surface area contributed by atoms with Gasteiger partial charge in [0.05, 0.1) is 0 Å². The van der Waals surface area contributed by atoms with Crippen LogP contribution in [0.3, 0.4) is 0 Å². The summed E-state index contributed by atoms with van der Waals surface area (Å²) in [7, 11) is 1.77. The fourth-order valence-electron chi connectivity index (χ4n) is 2.78. The van der Waals surface area contributed by atoms with Gasteiger partial charge in [-0.15, -0.1) is 0 Å². The Kier molecular flexibility index (Phi) is 6.02. The van der Waals surface area contributed by atoms with E-state index in [1.807, 2.05) is 11.0 Å². The van der Waals surface area contributed by atoms with Gasteiger partial charge < -0.3 is 15.1 Å². The van der Waals surface area contributed by atoms with Crippen molar-refractivity contribution in [3.63, 3.8) is 0 Å². The van der Waals surface area contributed by atoms with E-state index in [-0.39, 0.29) is 17.9 Å². The summed E-state index contributed by atoms with van der Waals surface area (Å²) in [4.78, 5) is 27.2. The first-order valence-electron chi connectivity index (χ1n) is 8.30.